The van der Waals surface area contributed by atoms with E-state index in [0.29, 0.717) is 0 Å². The number of anilines is 2. The van der Waals surface area contributed by atoms with E-state index in [1.54, 1.807) is 0 Å². The van der Waals surface area contributed by atoms with E-state index in [1.165, 1.54) is 16.8 Å². The average Bonchev–Trinajstić information content (AvgIpc) is 2.46. The van der Waals surface area contributed by atoms with E-state index in [2.05, 4.69) is 48.2 Å². The molecule has 1 heterocycles. The molecule has 0 atom stereocenters. The predicted octanol–water partition coefficient (Wildman–Crippen LogP) is 3.95. The molecule has 2 aromatic carbocycles. The Hall–Kier alpha value is -2.27. The molecule has 0 spiro atoms. The fraction of sp³-hybridized carbons (Fsp3) is 0.235. The maximum Gasteiger partial charge on any atom is 0.101 e. The van der Waals surface area contributed by atoms with Gasteiger partial charge in [-0.2, -0.15) is 5.26 Å². The van der Waals surface area contributed by atoms with E-state index in [-0.39, 0.29) is 0 Å². The van der Waals surface area contributed by atoms with Gasteiger partial charge in [-0.1, -0.05) is 24.3 Å². The highest BCUT2D eigenvalue weighted by atomic mass is 15.1. The molecule has 0 amide bonds. The zero-order chi connectivity index (χ0) is 13.2. The van der Waals surface area contributed by atoms with Crippen LogP contribution in [-0.4, -0.2) is 6.54 Å². The molecule has 0 saturated carbocycles. The summed E-state index contributed by atoms with van der Waals surface area (Å²) in [6, 6.07) is 16.8. The van der Waals surface area contributed by atoms with Crippen molar-refractivity contribution in [3.8, 4) is 6.07 Å². The van der Waals surface area contributed by atoms with Gasteiger partial charge in [-0.15, -0.1) is 0 Å². The third-order valence-electron chi connectivity index (χ3n) is 3.67. The van der Waals surface area contributed by atoms with Crippen LogP contribution in [0.5, 0.6) is 0 Å². The molecule has 0 fully saturated rings. The highest BCUT2D eigenvalue weighted by Crippen LogP contribution is 2.35. The first-order valence-electron chi connectivity index (χ1n) is 6.66. The molecule has 0 radical (unpaired) electrons. The van der Waals surface area contributed by atoms with Crippen LogP contribution in [0.4, 0.5) is 11.4 Å². The molecule has 2 heteroatoms. The molecule has 2 nitrogen and oxygen atoms in total. The van der Waals surface area contributed by atoms with Gasteiger partial charge in [-0.05, 0) is 49.1 Å². The maximum absolute atomic E-state index is 9.31. The van der Waals surface area contributed by atoms with Gasteiger partial charge in [-0.25, -0.2) is 0 Å². The molecular formula is C17H16N2. The molecule has 0 N–H and O–H groups in total. The highest BCUT2D eigenvalue weighted by molar-refractivity contribution is 5.72. The minimum atomic E-state index is 0.752. The van der Waals surface area contributed by atoms with Gasteiger partial charge >= 0.3 is 0 Å². The number of aryl methyl sites for hydroxylation is 2. The van der Waals surface area contributed by atoms with E-state index in [9.17, 15) is 5.26 Å². The first-order chi connectivity index (χ1) is 9.29. The van der Waals surface area contributed by atoms with Crippen molar-refractivity contribution in [2.45, 2.75) is 19.8 Å². The molecule has 1 aliphatic heterocycles. The third kappa shape index (κ3) is 2.08. The molecule has 0 unspecified atom stereocenters. The summed E-state index contributed by atoms with van der Waals surface area (Å²) in [7, 11) is 0. The van der Waals surface area contributed by atoms with Gasteiger partial charge in [0.2, 0.25) is 0 Å². The lowest BCUT2D eigenvalue weighted by atomic mass is 9.99. The molecule has 3 rings (SSSR count). The Morgan fingerprint density at radius 2 is 1.95 bits per heavy atom. The Morgan fingerprint density at radius 3 is 2.79 bits per heavy atom. The minimum Gasteiger partial charge on any atom is -0.340 e. The summed E-state index contributed by atoms with van der Waals surface area (Å²) in [5.41, 5.74) is 5.60. The van der Waals surface area contributed by atoms with E-state index in [0.717, 1.165) is 30.6 Å². The van der Waals surface area contributed by atoms with Gasteiger partial charge in [-0.3, -0.25) is 0 Å². The summed E-state index contributed by atoms with van der Waals surface area (Å²) in [6.07, 6.45) is 2.26. The molecule has 1 aliphatic rings. The fourth-order valence-electron chi connectivity index (χ4n) is 2.74. The number of hydrogen-bond donors (Lipinski definition) is 0. The van der Waals surface area contributed by atoms with Crippen LogP contribution < -0.4 is 4.90 Å². The summed E-state index contributed by atoms with van der Waals surface area (Å²) < 4.78 is 0. The molecule has 0 saturated heterocycles. The van der Waals surface area contributed by atoms with Gasteiger partial charge in [0, 0.05) is 12.2 Å². The van der Waals surface area contributed by atoms with E-state index >= 15 is 0 Å². The SMILES string of the molecule is Cc1ccc(C#N)c(N2CCCc3ccccc32)c1. The predicted molar refractivity (Wildman–Crippen MR) is 77.7 cm³/mol. The number of fused-ring (bicyclic) bond motifs is 1. The lowest BCUT2D eigenvalue weighted by Gasteiger charge is -2.32. The monoisotopic (exact) mass is 248 g/mol. The summed E-state index contributed by atoms with van der Waals surface area (Å²) in [5, 5.41) is 9.31. The topological polar surface area (TPSA) is 27.0 Å². The summed E-state index contributed by atoms with van der Waals surface area (Å²) in [5.74, 6) is 0. The molecular weight excluding hydrogens is 232 g/mol. The van der Waals surface area contributed by atoms with Crippen LogP contribution in [-0.2, 0) is 6.42 Å². The molecule has 0 aromatic heterocycles. The Balaban J connectivity index is 2.14. The van der Waals surface area contributed by atoms with Gasteiger partial charge in [0.1, 0.15) is 6.07 Å². The average molecular weight is 248 g/mol. The van der Waals surface area contributed by atoms with Crippen molar-refractivity contribution in [3.63, 3.8) is 0 Å². The second kappa shape index (κ2) is 4.78. The number of benzene rings is 2. The zero-order valence-corrected chi connectivity index (χ0v) is 11.1. The molecule has 94 valence electrons. The van der Waals surface area contributed by atoms with Crippen LogP contribution >= 0.6 is 0 Å². The Bertz CT molecular complexity index is 653. The zero-order valence-electron chi connectivity index (χ0n) is 11.1. The van der Waals surface area contributed by atoms with Crippen LogP contribution in [0.2, 0.25) is 0 Å². The number of rotatable bonds is 1. The summed E-state index contributed by atoms with van der Waals surface area (Å²) in [6.45, 7) is 3.05. The first-order valence-corrected chi connectivity index (χ1v) is 6.66. The Labute approximate surface area is 113 Å². The van der Waals surface area contributed by atoms with Crippen LogP contribution in [0.15, 0.2) is 42.5 Å². The minimum absolute atomic E-state index is 0.752. The largest absolute Gasteiger partial charge is 0.340 e. The maximum atomic E-state index is 9.31. The van der Waals surface area contributed by atoms with E-state index in [4.69, 9.17) is 0 Å². The van der Waals surface area contributed by atoms with Crippen molar-refractivity contribution in [3.05, 3.63) is 59.2 Å². The molecule has 2 aromatic rings. The van der Waals surface area contributed by atoms with Crippen molar-refractivity contribution in [1.29, 1.82) is 5.26 Å². The lowest BCUT2D eigenvalue weighted by Crippen LogP contribution is -2.25. The number of hydrogen-bond acceptors (Lipinski definition) is 2. The first kappa shape index (κ1) is 11.8. The number of nitrogens with zero attached hydrogens (tertiary/aromatic N) is 2. The van der Waals surface area contributed by atoms with Crippen molar-refractivity contribution >= 4 is 11.4 Å². The van der Waals surface area contributed by atoms with Crippen LogP contribution in [0.3, 0.4) is 0 Å². The quantitative estimate of drug-likeness (QED) is 0.764. The standard InChI is InChI=1S/C17H16N2/c1-13-8-9-15(12-18)17(11-13)19-10-4-6-14-5-2-3-7-16(14)19/h2-3,5,7-9,11H,4,6,10H2,1H3. The lowest BCUT2D eigenvalue weighted by molar-refractivity contribution is 0.766. The second-order valence-electron chi connectivity index (χ2n) is 5.02. The summed E-state index contributed by atoms with van der Waals surface area (Å²) in [4.78, 5) is 2.28. The van der Waals surface area contributed by atoms with Crippen LogP contribution in [0, 0.1) is 18.3 Å². The van der Waals surface area contributed by atoms with Gasteiger partial charge < -0.3 is 4.90 Å². The fourth-order valence-corrected chi connectivity index (χ4v) is 2.74. The third-order valence-corrected chi connectivity index (χ3v) is 3.67. The molecule has 0 aliphatic carbocycles. The summed E-state index contributed by atoms with van der Waals surface area (Å²) >= 11 is 0. The van der Waals surface area contributed by atoms with Crippen molar-refractivity contribution in [2.24, 2.45) is 0 Å². The van der Waals surface area contributed by atoms with Crippen molar-refractivity contribution in [2.75, 3.05) is 11.4 Å². The van der Waals surface area contributed by atoms with Gasteiger partial charge in [0.15, 0.2) is 0 Å². The Kier molecular flexibility index (Phi) is 2.97. The normalized spacial score (nSPS) is 13.8. The van der Waals surface area contributed by atoms with Crippen LogP contribution in [0.1, 0.15) is 23.1 Å². The highest BCUT2D eigenvalue weighted by Gasteiger charge is 2.19. The second-order valence-corrected chi connectivity index (χ2v) is 5.02. The van der Waals surface area contributed by atoms with Gasteiger partial charge in [0.25, 0.3) is 0 Å². The van der Waals surface area contributed by atoms with E-state index in [1.807, 2.05) is 12.1 Å². The van der Waals surface area contributed by atoms with Crippen molar-refractivity contribution < 1.29 is 0 Å². The van der Waals surface area contributed by atoms with Gasteiger partial charge in [0.05, 0.1) is 11.3 Å². The molecule has 19 heavy (non-hydrogen) atoms. The molecule has 0 bridgehead atoms. The smallest absolute Gasteiger partial charge is 0.101 e. The van der Waals surface area contributed by atoms with Crippen LogP contribution in [0.25, 0.3) is 0 Å². The number of nitriles is 1. The van der Waals surface area contributed by atoms with Crippen molar-refractivity contribution in [1.82, 2.24) is 0 Å². The Morgan fingerprint density at radius 1 is 1.11 bits per heavy atom. The van der Waals surface area contributed by atoms with E-state index < -0.39 is 0 Å². The number of para-hydroxylation sites is 1.